The molecule has 0 aromatic carbocycles. The average molecular weight is 343 g/mol. The first-order valence-corrected chi connectivity index (χ1v) is 9.62. The Hall–Kier alpha value is -2.11. The van der Waals surface area contributed by atoms with Crippen molar-refractivity contribution in [2.24, 2.45) is 0 Å². The molecule has 6 heteroatoms. The van der Waals surface area contributed by atoms with E-state index in [9.17, 15) is 4.79 Å². The number of aromatic nitrogens is 2. The average Bonchev–Trinajstić information content (AvgIpc) is 2.65. The van der Waals surface area contributed by atoms with Gasteiger partial charge >= 0.3 is 6.03 Å². The van der Waals surface area contributed by atoms with Gasteiger partial charge in [0.1, 0.15) is 5.82 Å². The van der Waals surface area contributed by atoms with Gasteiger partial charge in [-0.2, -0.15) is 0 Å². The van der Waals surface area contributed by atoms with Crippen molar-refractivity contribution in [3.8, 4) is 0 Å². The van der Waals surface area contributed by atoms with Gasteiger partial charge in [-0.25, -0.2) is 4.79 Å². The fraction of sp³-hybridized carbons (Fsp3) is 0.632. The highest BCUT2D eigenvalue weighted by Gasteiger charge is 2.15. The minimum atomic E-state index is -0.189. The van der Waals surface area contributed by atoms with Crippen LogP contribution in [0.25, 0.3) is 0 Å². The molecular formula is C19H29N5O. The summed E-state index contributed by atoms with van der Waals surface area (Å²) in [6, 6.07) is 3.75. The minimum absolute atomic E-state index is 0.189. The molecule has 3 rings (SSSR count). The van der Waals surface area contributed by atoms with Crippen molar-refractivity contribution in [3.05, 3.63) is 23.8 Å². The third-order valence-corrected chi connectivity index (χ3v) is 4.98. The van der Waals surface area contributed by atoms with E-state index in [0.717, 1.165) is 31.6 Å². The molecule has 3 N–H and O–H groups in total. The lowest BCUT2D eigenvalue weighted by Crippen LogP contribution is -2.39. The fourth-order valence-corrected chi connectivity index (χ4v) is 3.56. The number of rotatable bonds is 6. The minimum Gasteiger partial charge on any atom is -0.368 e. The summed E-state index contributed by atoms with van der Waals surface area (Å²) in [5.74, 6) is 1.23. The van der Waals surface area contributed by atoms with Gasteiger partial charge in [-0.1, -0.05) is 30.9 Å². The Kier molecular flexibility index (Phi) is 6.65. The summed E-state index contributed by atoms with van der Waals surface area (Å²) in [5.41, 5.74) is 1.55. The molecule has 2 amide bonds. The van der Waals surface area contributed by atoms with Crippen molar-refractivity contribution >= 4 is 17.7 Å². The van der Waals surface area contributed by atoms with Crippen molar-refractivity contribution in [1.82, 2.24) is 15.5 Å². The Morgan fingerprint density at radius 3 is 2.56 bits per heavy atom. The molecule has 136 valence electrons. The quantitative estimate of drug-likeness (QED) is 0.675. The Labute approximate surface area is 149 Å². The second-order valence-electron chi connectivity index (χ2n) is 7.02. The molecular weight excluding hydrogens is 314 g/mol. The molecule has 0 saturated heterocycles. The van der Waals surface area contributed by atoms with E-state index < -0.39 is 0 Å². The zero-order chi connectivity index (χ0) is 17.3. The summed E-state index contributed by atoms with van der Waals surface area (Å²) >= 11 is 0. The molecule has 0 spiro atoms. The maximum atomic E-state index is 12.0. The topological polar surface area (TPSA) is 78.9 Å². The summed E-state index contributed by atoms with van der Waals surface area (Å²) in [7, 11) is 0. The lowest BCUT2D eigenvalue weighted by Gasteiger charge is -2.22. The molecule has 1 saturated carbocycles. The van der Waals surface area contributed by atoms with Crippen molar-refractivity contribution < 1.29 is 4.79 Å². The van der Waals surface area contributed by atoms with Gasteiger partial charge < -0.3 is 10.6 Å². The number of nitrogens with zero attached hydrogens (tertiary/aromatic N) is 2. The molecule has 1 heterocycles. The van der Waals surface area contributed by atoms with Crippen LogP contribution in [0.2, 0.25) is 0 Å². The number of amides is 2. The monoisotopic (exact) mass is 343 g/mol. The number of allylic oxidation sites excluding steroid dienone is 1. The van der Waals surface area contributed by atoms with Crippen LogP contribution < -0.4 is 16.0 Å². The maximum absolute atomic E-state index is 12.0. The van der Waals surface area contributed by atoms with Crippen LogP contribution in [0.5, 0.6) is 0 Å². The van der Waals surface area contributed by atoms with Crippen LogP contribution in [0.1, 0.15) is 64.2 Å². The SMILES string of the molecule is O=C(Nc1ccc(NCCC2=CCCCC2)nn1)NC1CCCCC1. The molecule has 0 aliphatic heterocycles. The Morgan fingerprint density at radius 1 is 1.04 bits per heavy atom. The van der Waals surface area contributed by atoms with Crippen LogP contribution in [0, 0.1) is 0 Å². The number of nitrogens with one attached hydrogen (secondary N) is 3. The summed E-state index contributed by atoms with van der Waals surface area (Å²) in [4.78, 5) is 12.0. The molecule has 2 aliphatic carbocycles. The lowest BCUT2D eigenvalue weighted by molar-refractivity contribution is 0.244. The van der Waals surface area contributed by atoms with Gasteiger partial charge in [0.05, 0.1) is 0 Å². The molecule has 1 fully saturated rings. The van der Waals surface area contributed by atoms with Crippen LogP contribution in [0.4, 0.5) is 16.4 Å². The number of hydrogen-bond donors (Lipinski definition) is 3. The largest absolute Gasteiger partial charge is 0.368 e. The number of anilines is 2. The number of urea groups is 1. The van der Waals surface area contributed by atoms with E-state index in [0.29, 0.717) is 5.82 Å². The molecule has 0 unspecified atom stereocenters. The van der Waals surface area contributed by atoms with Gasteiger partial charge in [-0.05, 0) is 57.1 Å². The maximum Gasteiger partial charge on any atom is 0.320 e. The Morgan fingerprint density at radius 2 is 1.84 bits per heavy atom. The van der Waals surface area contributed by atoms with Gasteiger partial charge in [-0.15, -0.1) is 10.2 Å². The lowest BCUT2D eigenvalue weighted by atomic mass is 9.96. The van der Waals surface area contributed by atoms with Crippen LogP contribution in [0.3, 0.4) is 0 Å². The van der Waals surface area contributed by atoms with Gasteiger partial charge in [0.2, 0.25) is 0 Å². The molecule has 0 radical (unpaired) electrons. The van der Waals surface area contributed by atoms with Gasteiger partial charge in [0.15, 0.2) is 5.82 Å². The first-order valence-electron chi connectivity index (χ1n) is 9.62. The molecule has 1 aromatic rings. The predicted molar refractivity (Wildman–Crippen MR) is 101 cm³/mol. The smallest absolute Gasteiger partial charge is 0.320 e. The van der Waals surface area contributed by atoms with E-state index in [4.69, 9.17) is 0 Å². The van der Waals surface area contributed by atoms with Gasteiger partial charge in [-0.3, -0.25) is 5.32 Å². The normalized spacial score (nSPS) is 18.3. The van der Waals surface area contributed by atoms with Crippen molar-refractivity contribution in [2.45, 2.75) is 70.3 Å². The molecule has 1 aromatic heterocycles. The number of hydrogen-bond acceptors (Lipinski definition) is 4. The highest BCUT2D eigenvalue weighted by atomic mass is 16.2. The molecule has 25 heavy (non-hydrogen) atoms. The van der Waals surface area contributed by atoms with Crippen molar-refractivity contribution in [3.63, 3.8) is 0 Å². The fourth-order valence-electron chi connectivity index (χ4n) is 3.56. The van der Waals surface area contributed by atoms with Crippen molar-refractivity contribution in [1.29, 1.82) is 0 Å². The predicted octanol–water partition coefficient (Wildman–Crippen LogP) is 4.23. The number of carbonyl (C=O) groups excluding carboxylic acids is 1. The van der Waals surface area contributed by atoms with E-state index in [1.54, 1.807) is 11.6 Å². The van der Waals surface area contributed by atoms with Gasteiger partial charge in [0.25, 0.3) is 0 Å². The Balaban J connectivity index is 1.39. The van der Waals surface area contributed by atoms with Crippen LogP contribution in [-0.2, 0) is 0 Å². The summed E-state index contributed by atoms with van der Waals surface area (Å²) in [6.45, 7) is 0.870. The first-order chi connectivity index (χ1) is 12.3. The van der Waals surface area contributed by atoms with Gasteiger partial charge in [0, 0.05) is 12.6 Å². The van der Waals surface area contributed by atoms with E-state index in [1.807, 2.05) is 6.07 Å². The number of carbonyl (C=O) groups is 1. The summed E-state index contributed by atoms with van der Waals surface area (Å²) < 4.78 is 0. The van der Waals surface area contributed by atoms with E-state index in [1.165, 1.54) is 44.9 Å². The van der Waals surface area contributed by atoms with Crippen LogP contribution in [-0.4, -0.2) is 28.8 Å². The molecule has 6 nitrogen and oxygen atoms in total. The first kappa shape index (κ1) is 17.7. The molecule has 0 atom stereocenters. The third-order valence-electron chi connectivity index (χ3n) is 4.98. The van der Waals surface area contributed by atoms with E-state index in [2.05, 4.69) is 32.2 Å². The Bertz CT molecular complexity index is 578. The van der Waals surface area contributed by atoms with E-state index >= 15 is 0 Å². The highest BCUT2D eigenvalue weighted by Crippen LogP contribution is 2.20. The van der Waals surface area contributed by atoms with Crippen LogP contribution >= 0.6 is 0 Å². The molecule has 2 aliphatic rings. The zero-order valence-electron chi connectivity index (χ0n) is 14.9. The molecule has 0 bridgehead atoms. The van der Waals surface area contributed by atoms with E-state index in [-0.39, 0.29) is 12.1 Å². The highest BCUT2D eigenvalue weighted by molar-refractivity contribution is 5.88. The zero-order valence-corrected chi connectivity index (χ0v) is 14.9. The summed E-state index contributed by atoms with van der Waals surface area (Å²) in [5, 5.41) is 17.3. The van der Waals surface area contributed by atoms with Crippen LogP contribution in [0.15, 0.2) is 23.8 Å². The second kappa shape index (κ2) is 9.39. The second-order valence-corrected chi connectivity index (χ2v) is 7.02. The van der Waals surface area contributed by atoms with Crippen molar-refractivity contribution in [2.75, 3.05) is 17.2 Å². The third kappa shape index (κ3) is 6.03. The standard InChI is InChI=1S/C19H29N5O/c25-19(21-16-9-5-2-6-10-16)22-18-12-11-17(23-24-18)20-14-13-15-7-3-1-4-8-15/h7,11-12,16H,1-6,8-10,13-14H2,(H,20,23)(H2,21,22,24,25). The summed E-state index contributed by atoms with van der Waals surface area (Å²) in [6.07, 6.45) is 14.3.